The van der Waals surface area contributed by atoms with Gasteiger partial charge in [0, 0.05) is 13.1 Å². The Kier molecular flexibility index (Phi) is 11.1. The number of ether oxygens (including phenoxy) is 3. The van der Waals surface area contributed by atoms with Crippen LogP contribution in [0.4, 0.5) is 8.78 Å². The number of benzene rings is 2. The van der Waals surface area contributed by atoms with Crippen LogP contribution in [0.2, 0.25) is 0 Å². The fourth-order valence-electron chi connectivity index (χ4n) is 2.49. The molecule has 2 aromatic carbocycles. The number of guanidine groups is 1. The number of alkyl halides is 2. The summed E-state index contributed by atoms with van der Waals surface area (Å²) in [5, 5.41) is 6.33. The van der Waals surface area contributed by atoms with Gasteiger partial charge in [0.1, 0.15) is 5.75 Å². The summed E-state index contributed by atoms with van der Waals surface area (Å²) in [6.07, 6.45) is 0. The van der Waals surface area contributed by atoms with Crippen LogP contribution in [0.15, 0.2) is 47.5 Å². The van der Waals surface area contributed by atoms with Crippen molar-refractivity contribution in [1.82, 2.24) is 10.6 Å². The molecule has 0 radical (unpaired) electrons. The third-order valence-electron chi connectivity index (χ3n) is 3.80. The first-order valence-electron chi connectivity index (χ1n) is 8.82. The second kappa shape index (κ2) is 13.0. The largest absolute Gasteiger partial charge is 0.497 e. The van der Waals surface area contributed by atoms with Gasteiger partial charge in [-0.3, -0.25) is 0 Å². The molecule has 0 aromatic heterocycles. The van der Waals surface area contributed by atoms with E-state index in [1.54, 1.807) is 19.2 Å². The Balaban J connectivity index is 0.00000420. The summed E-state index contributed by atoms with van der Waals surface area (Å²) in [6.45, 7) is 0.582. The highest BCUT2D eigenvalue weighted by Crippen LogP contribution is 2.29. The Bertz CT molecular complexity index is 791. The van der Waals surface area contributed by atoms with E-state index in [4.69, 9.17) is 9.47 Å². The molecule has 0 saturated carbocycles. The number of halogens is 3. The molecule has 6 nitrogen and oxygen atoms in total. The third kappa shape index (κ3) is 8.30. The number of hydrogen-bond donors (Lipinski definition) is 2. The van der Waals surface area contributed by atoms with Crippen LogP contribution in [-0.2, 0) is 13.1 Å². The van der Waals surface area contributed by atoms with E-state index in [1.807, 2.05) is 31.2 Å². The average Bonchev–Trinajstić information content (AvgIpc) is 2.70. The number of methoxy groups -OCH3 is 2. The van der Waals surface area contributed by atoms with Crippen molar-refractivity contribution < 1.29 is 23.0 Å². The molecule has 0 amide bonds. The molecule has 160 valence electrons. The maximum absolute atomic E-state index is 12.6. The monoisotopic (exact) mass is 521 g/mol. The fourth-order valence-corrected chi connectivity index (χ4v) is 2.49. The average molecular weight is 521 g/mol. The summed E-state index contributed by atoms with van der Waals surface area (Å²) in [4.78, 5) is 4.54. The van der Waals surface area contributed by atoms with Crippen molar-refractivity contribution in [3.63, 3.8) is 0 Å². The number of rotatable bonds is 9. The van der Waals surface area contributed by atoms with E-state index in [-0.39, 0.29) is 35.5 Å². The van der Waals surface area contributed by atoms with E-state index in [9.17, 15) is 8.78 Å². The second-order valence-electron chi connectivity index (χ2n) is 5.76. The van der Waals surface area contributed by atoms with Crippen molar-refractivity contribution in [2.45, 2.75) is 26.6 Å². The highest BCUT2D eigenvalue weighted by atomic mass is 127. The first-order chi connectivity index (χ1) is 13.5. The van der Waals surface area contributed by atoms with Crippen LogP contribution >= 0.6 is 24.0 Å². The molecule has 0 aliphatic carbocycles. The lowest BCUT2D eigenvalue weighted by atomic mass is 10.2. The topological polar surface area (TPSA) is 64.1 Å². The molecule has 2 aromatic rings. The quantitative estimate of drug-likeness (QED) is 0.295. The van der Waals surface area contributed by atoms with Gasteiger partial charge in [-0.05, 0) is 42.3 Å². The zero-order valence-electron chi connectivity index (χ0n) is 16.6. The lowest BCUT2D eigenvalue weighted by Crippen LogP contribution is -2.36. The Morgan fingerprint density at radius 3 is 2.45 bits per heavy atom. The van der Waals surface area contributed by atoms with Crippen LogP contribution in [0.25, 0.3) is 0 Å². The van der Waals surface area contributed by atoms with E-state index in [0.29, 0.717) is 25.6 Å². The molecule has 29 heavy (non-hydrogen) atoms. The van der Waals surface area contributed by atoms with Crippen molar-refractivity contribution in [3.05, 3.63) is 53.6 Å². The fraction of sp³-hybridized carbons (Fsp3) is 0.350. The minimum atomic E-state index is -2.92. The number of nitrogens with zero attached hydrogens (tertiary/aromatic N) is 1. The van der Waals surface area contributed by atoms with Crippen LogP contribution in [0.5, 0.6) is 17.2 Å². The molecule has 0 aliphatic rings. The van der Waals surface area contributed by atoms with E-state index in [0.717, 1.165) is 16.9 Å². The van der Waals surface area contributed by atoms with Gasteiger partial charge in [0.25, 0.3) is 0 Å². The zero-order valence-corrected chi connectivity index (χ0v) is 18.9. The molecule has 0 unspecified atom stereocenters. The summed E-state index contributed by atoms with van der Waals surface area (Å²) >= 11 is 0. The molecule has 0 spiro atoms. The summed E-state index contributed by atoms with van der Waals surface area (Å²) in [5.41, 5.74) is 1.76. The lowest BCUT2D eigenvalue weighted by molar-refractivity contribution is -0.0512. The van der Waals surface area contributed by atoms with Gasteiger partial charge >= 0.3 is 6.61 Å². The van der Waals surface area contributed by atoms with E-state index in [1.165, 1.54) is 13.2 Å². The van der Waals surface area contributed by atoms with E-state index in [2.05, 4.69) is 20.4 Å². The van der Waals surface area contributed by atoms with Gasteiger partial charge in [-0.15, -0.1) is 24.0 Å². The zero-order chi connectivity index (χ0) is 20.4. The predicted molar refractivity (Wildman–Crippen MR) is 120 cm³/mol. The van der Waals surface area contributed by atoms with Crippen LogP contribution in [0.1, 0.15) is 18.1 Å². The van der Waals surface area contributed by atoms with Gasteiger partial charge in [-0.25, -0.2) is 4.99 Å². The van der Waals surface area contributed by atoms with Crippen molar-refractivity contribution in [1.29, 1.82) is 0 Å². The Morgan fingerprint density at radius 2 is 1.79 bits per heavy atom. The number of nitrogens with one attached hydrogen (secondary N) is 2. The maximum Gasteiger partial charge on any atom is 0.387 e. The van der Waals surface area contributed by atoms with Crippen LogP contribution in [0.3, 0.4) is 0 Å². The van der Waals surface area contributed by atoms with Crippen molar-refractivity contribution in [2.24, 2.45) is 4.99 Å². The molecule has 2 N–H and O–H groups in total. The molecule has 2 rings (SSSR count). The number of aliphatic imine (C=N–C) groups is 1. The van der Waals surface area contributed by atoms with Crippen LogP contribution in [0, 0.1) is 0 Å². The van der Waals surface area contributed by atoms with Gasteiger partial charge < -0.3 is 24.8 Å². The predicted octanol–water partition coefficient (Wildman–Crippen LogP) is 4.18. The second-order valence-corrected chi connectivity index (χ2v) is 5.76. The summed E-state index contributed by atoms with van der Waals surface area (Å²) in [5.74, 6) is 1.63. The molecular formula is C20H26F2IN3O3. The highest BCUT2D eigenvalue weighted by molar-refractivity contribution is 14.0. The Hall–Kier alpha value is -2.30. The Labute approximate surface area is 186 Å². The molecule has 0 aliphatic heterocycles. The minimum absolute atomic E-state index is 0. The van der Waals surface area contributed by atoms with Crippen LogP contribution in [-0.4, -0.2) is 33.3 Å². The van der Waals surface area contributed by atoms with Gasteiger partial charge in [0.2, 0.25) is 0 Å². The normalized spacial score (nSPS) is 10.9. The molecule has 0 fully saturated rings. The maximum atomic E-state index is 12.6. The van der Waals surface area contributed by atoms with Gasteiger partial charge in [-0.2, -0.15) is 8.78 Å². The standard InChI is InChI=1S/C20H25F2N3O3.HI/c1-4-23-20(24-12-14-6-5-7-16(10-14)26-2)25-13-15-8-9-17(27-3)18(11-15)28-19(21)22;/h5-11,19H,4,12-13H2,1-3H3,(H2,23,24,25);1H. The van der Waals surface area contributed by atoms with E-state index < -0.39 is 6.61 Å². The van der Waals surface area contributed by atoms with Gasteiger partial charge in [0.05, 0.1) is 20.8 Å². The highest BCUT2D eigenvalue weighted by Gasteiger charge is 2.11. The first kappa shape index (κ1) is 24.7. The molecule has 0 heterocycles. The number of hydrogen-bond acceptors (Lipinski definition) is 4. The molecule has 9 heteroatoms. The smallest absolute Gasteiger partial charge is 0.387 e. The summed E-state index contributed by atoms with van der Waals surface area (Å²) in [6, 6.07) is 12.6. The molecule has 0 atom stereocenters. The van der Waals surface area contributed by atoms with Gasteiger partial charge in [-0.1, -0.05) is 18.2 Å². The Morgan fingerprint density at radius 1 is 1.00 bits per heavy atom. The van der Waals surface area contributed by atoms with E-state index >= 15 is 0 Å². The van der Waals surface area contributed by atoms with Crippen molar-refractivity contribution >= 4 is 29.9 Å². The van der Waals surface area contributed by atoms with Crippen molar-refractivity contribution in [2.75, 3.05) is 20.8 Å². The minimum Gasteiger partial charge on any atom is -0.497 e. The molecule has 0 bridgehead atoms. The lowest BCUT2D eigenvalue weighted by Gasteiger charge is -2.14. The molecular weight excluding hydrogens is 495 g/mol. The first-order valence-corrected chi connectivity index (χ1v) is 8.82. The van der Waals surface area contributed by atoms with Gasteiger partial charge in [0.15, 0.2) is 17.5 Å². The van der Waals surface area contributed by atoms with Crippen LogP contribution < -0.4 is 24.8 Å². The summed E-state index contributed by atoms with van der Waals surface area (Å²) < 4.78 is 39.9. The SMILES string of the molecule is CCNC(=NCc1cccc(OC)c1)NCc1ccc(OC)c(OC(F)F)c1.I. The summed E-state index contributed by atoms with van der Waals surface area (Å²) in [7, 11) is 3.02. The molecule has 0 saturated heterocycles. The van der Waals surface area contributed by atoms with Crippen molar-refractivity contribution in [3.8, 4) is 17.2 Å². The third-order valence-corrected chi connectivity index (χ3v) is 3.80.